The van der Waals surface area contributed by atoms with Gasteiger partial charge in [-0.3, -0.25) is 9.69 Å². The predicted octanol–water partition coefficient (Wildman–Crippen LogP) is 0.753. The Morgan fingerprint density at radius 1 is 1.30 bits per heavy atom. The van der Waals surface area contributed by atoms with Crippen LogP contribution >= 0.6 is 0 Å². The van der Waals surface area contributed by atoms with Crippen molar-refractivity contribution >= 4 is 5.91 Å². The second-order valence-electron chi connectivity index (χ2n) is 6.62. The smallest absolute Gasteiger partial charge is 0.231 e. The Bertz CT molecular complexity index is 307. The van der Waals surface area contributed by atoms with E-state index < -0.39 is 0 Å². The lowest BCUT2D eigenvalue weighted by Gasteiger charge is -2.43. The number of nitrogens with zero attached hydrogens (tertiary/aromatic N) is 1. The first kappa shape index (κ1) is 15.7. The third kappa shape index (κ3) is 4.43. The minimum absolute atomic E-state index is 0.117. The molecule has 1 aliphatic carbocycles. The van der Waals surface area contributed by atoms with E-state index in [0.717, 1.165) is 18.9 Å². The number of rotatable bonds is 8. The third-order valence-electron chi connectivity index (χ3n) is 4.67. The van der Waals surface area contributed by atoms with Gasteiger partial charge in [-0.1, -0.05) is 32.1 Å². The van der Waals surface area contributed by atoms with Crippen LogP contribution in [-0.2, 0) is 9.53 Å². The monoisotopic (exact) mass is 284 g/mol. The van der Waals surface area contributed by atoms with Crippen molar-refractivity contribution in [1.29, 1.82) is 0 Å². The number of aliphatic hydroxyl groups is 1. The molecule has 20 heavy (non-hydrogen) atoms. The standard InChI is InChI=1S/C15H28N2O3/c16-14(19)8-17(9-15(10-18)11-20-12-15)7-6-13-4-2-1-3-5-13/h13,18H,1-12H2,(H2,16,19). The summed E-state index contributed by atoms with van der Waals surface area (Å²) in [5.41, 5.74) is 5.17. The second kappa shape index (κ2) is 7.38. The average Bonchev–Trinajstić information content (AvgIpc) is 2.40. The normalized spacial score (nSPS) is 22.7. The largest absolute Gasteiger partial charge is 0.396 e. The summed E-state index contributed by atoms with van der Waals surface area (Å²) in [6.07, 6.45) is 7.82. The van der Waals surface area contributed by atoms with Gasteiger partial charge in [0.25, 0.3) is 0 Å². The number of hydrogen-bond acceptors (Lipinski definition) is 4. The highest BCUT2D eigenvalue weighted by atomic mass is 16.5. The predicted molar refractivity (Wildman–Crippen MR) is 77.2 cm³/mol. The Hall–Kier alpha value is -0.650. The molecule has 0 aromatic rings. The Morgan fingerprint density at radius 3 is 2.50 bits per heavy atom. The molecular weight excluding hydrogens is 256 g/mol. The molecule has 5 heteroatoms. The fourth-order valence-electron chi connectivity index (χ4n) is 3.37. The number of nitrogens with two attached hydrogens (primary N) is 1. The van der Waals surface area contributed by atoms with E-state index in [1.165, 1.54) is 32.1 Å². The van der Waals surface area contributed by atoms with Gasteiger partial charge in [-0.15, -0.1) is 0 Å². The zero-order chi connectivity index (χ0) is 14.4. The molecule has 1 aliphatic heterocycles. The van der Waals surface area contributed by atoms with Crippen LogP contribution in [0.3, 0.4) is 0 Å². The molecule has 5 nitrogen and oxygen atoms in total. The molecular formula is C15H28N2O3. The number of amides is 1. The van der Waals surface area contributed by atoms with Gasteiger partial charge in [-0.05, 0) is 18.9 Å². The SMILES string of the molecule is NC(=O)CN(CCC1CCCCC1)CC1(CO)COC1. The fraction of sp³-hybridized carbons (Fsp3) is 0.933. The second-order valence-corrected chi connectivity index (χ2v) is 6.62. The zero-order valence-electron chi connectivity index (χ0n) is 12.4. The van der Waals surface area contributed by atoms with Crippen molar-refractivity contribution in [3.63, 3.8) is 0 Å². The van der Waals surface area contributed by atoms with Crippen molar-refractivity contribution in [2.75, 3.05) is 39.5 Å². The average molecular weight is 284 g/mol. The minimum atomic E-state index is -0.290. The molecule has 2 fully saturated rings. The van der Waals surface area contributed by atoms with Crippen molar-refractivity contribution < 1.29 is 14.6 Å². The van der Waals surface area contributed by atoms with E-state index in [1.807, 2.05) is 0 Å². The van der Waals surface area contributed by atoms with E-state index in [0.29, 0.717) is 19.8 Å². The van der Waals surface area contributed by atoms with Crippen LogP contribution in [0.5, 0.6) is 0 Å². The van der Waals surface area contributed by atoms with Crippen LogP contribution in [0.4, 0.5) is 0 Å². The molecule has 2 aliphatic rings. The van der Waals surface area contributed by atoms with E-state index in [-0.39, 0.29) is 24.5 Å². The molecule has 1 saturated carbocycles. The van der Waals surface area contributed by atoms with Crippen LogP contribution in [0.25, 0.3) is 0 Å². The van der Waals surface area contributed by atoms with Gasteiger partial charge in [0.05, 0.1) is 31.8 Å². The summed E-state index contributed by atoms with van der Waals surface area (Å²) in [5.74, 6) is 0.504. The molecule has 0 unspecified atom stereocenters. The number of ether oxygens (including phenoxy) is 1. The van der Waals surface area contributed by atoms with Crippen molar-refractivity contribution in [1.82, 2.24) is 4.90 Å². The van der Waals surface area contributed by atoms with Crippen LogP contribution in [-0.4, -0.2) is 55.4 Å². The first-order valence-electron chi connectivity index (χ1n) is 7.83. The molecule has 1 heterocycles. The highest BCUT2D eigenvalue weighted by Crippen LogP contribution is 2.29. The van der Waals surface area contributed by atoms with Crippen LogP contribution in [0, 0.1) is 11.3 Å². The molecule has 116 valence electrons. The lowest BCUT2D eigenvalue weighted by molar-refractivity contribution is -0.150. The molecule has 0 aromatic heterocycles. The first-order valence-corrected chi connectivity index (χ1v) is 7.83. The van der Waals surface area contributed by atoms with Crippen LogP contribution in [0.15, 0.2) is 0 Å². The summed E-state index contributed by atoms with van der Waals surface area (Å²) < 4.78 is 5.23. The van der Waals surface area contributed by atoms with E-state index in [2.05, 4.69) is 4.90 Å². The highest BCUT2D eigenvalue weighted by Gasteiger charge is 2.39. The molecule has 0 bridgehead atoms. The van der Waals surface area contributed by atoms with Crippen molar-refractivity contribution in [3.8, 4) is 0 Å². The molecule has 0 atom stereocenters. The van der Waals surface area contributed by atoms with Crippen LogP contribution in [0.2, 0.25) is 0 Å². The Balaban J connectivity index is 1.81. The maximum absolute atomic E-state index is 11.2. The van der Waals surface area contributed by atoms with E-state index >= 15 is 0 Å². The third-order valence-corrected chi connectivity index (χ3v) is 4.67. The quantitative estimate of drug-likeness (QED) is 0.690. The van der Waals surface area contributed by atoms with Crippen molar-refractivity contribution in [2.45, 2.75) is 38.5 Å². The molecule has 2 rings (SSSR count). The Labute approximate surface area is 121 Å². The molecule has 1 amide bonds. The van der Waals surface area contributed by atoms with Crippen molar-refractivity contribution in [3.05, 3.63) is 0 Å². The molecule has 0 aromatic carbocycles. The van der Waals surface area contributed by atoms with Gasteiger partial charge in [0, 0.05) is 6.54 Å². The molecule has 0 radical (unpaired) electrons. The number of carbonyl (C=O) groups excluding carboxylic acids is 1. The van der Waals surface area contributed by atoms with Gasteiger partial charge in [0.1, 0.15) is 0 Å². The summed E-state index contributed by atoms with van der Waals surface area (Å²) in [6, 6.07) is 0. The summed E-state index contributed by atoms with van der Waals surface area (Å²) in [7, 11) is 0. The lowest BCUT2D eigenvalue weighted by atomic mass is 9.85. The first-order chi connectivity index (χ1) is 9.63. The van der Waals surface area contributed by atoms with Gasteiger partial charge in [-0.2, -0.15) is 0 Å². The van der Waals surface area contributed by atoms with Crippen LogP contribution < -0.4 is 5.73 Å². The number of primary amides is 1. The lowest BCUT2D eigenvalue weighted by Crippen LogP contribution is -2.54. The molecule has 3 N–H and O–H groups in total. The van der Waals surface area contributed by atoms with Crippen LogP contribution in [0.1, 0.15) is 38.5 Å². The Morgan fingerprint density at radius 2 is 2.00 bits per heavy atom. The summed E-state index contributed by atoms with van der Waals surface area (Å²) in [6.45, 7) is 3.18. The van der Waals surface area contributed by atoms with Gasteiger partial charge in [-0.25, -0.2) is 0 Å². The van der Waals surface area contributed by atoms with E-state index in [1.54, 1.807) is 0 Å². The Kier molecular flexibility index (Phi) is 5.81. The van der Waals surface area contributed by atoms with Crippen molar-refractivity contribution in [2.24, 2.45) is 17.1 Å². The van der Waals surface area contributed by atoms with Gasteiger partial charge < -0.3 is 15.6 Å². The number of aliphatic hydroxyl groups excluding tert-OH is 1. The van der Waals surface area contributed by atoms with Gasteiger partial charge in [0.15, 0.2) is 0 Å². The van der Waals surface area contributed by atoms with Gasteiger partial charge in [0.2, 0.25) is 5.91 Å². The molecule has 1 saturated heterocycles. The number of hydrogen-bond donors (Lipinski definition) is 2. The minimum Gasteiger partial charge on any atom is -0.396 e. The molecule has 0 spiro atoms. The van der Waals surface area contributed by atoms with Gasteiger partial charge >= 0.3 is 0 Å². The summed E-state index contributed by atoms with van der Waals surface area (Å²) in [4.78, 5) is 13.3. The maximum Gasteiger partial charge on any atom is 0.231 e. The summed E-state index contributed by atoms with van der Waals surface area (Å²) in [5, 5.41) is 9.51. The fourth-order valence-corrected chi connectivity index (χ4v) is 3.37. The zero-order valence-corrected chi connectivity index (χ0v) is 12.4. The van der Waals surface area contributed by atoms with E-state index in [4.69, 9.17) is 10.5 Å². The topological polar surface area (TPSA) is 75.8 Å². The maximum atomic E-state index is 11.2. The number of carbonyl (C=O) groups is 1. The summed E-state index contributed by atoms with van der Waals surface area (Å²) >= 11 is 0. The van der Waals surface area contributed by atoms with E-state index in [9.17, 15) is 9.90 Å². The highest BCUT2D eigenvalue weighted by molar-refractivity contribution is 5.75.